The fourth-order valence-electron chi connectivity index (χ4n) is 1.73. The zero-order chi connectivity index (χ0) is 18.0. The molecule has 24 heavy (non-hydrogen) atoms. The highest BCUT2D eigenvalue weighted by molar-refractivity contribution is 6.37. The summed E-state index contributed by atoms with van der Waals surface area (Å²) in [6.07, 6.45) is 0. The standard InChI is InChI=1S/C14H8Cl4N2O4/c15-5-1-7(11(21)9(17)3-5)13(23)19-20-14(24)8-2-6(16)4-10(18)12(8)22/h1-4,21-22H,(H,19,23)(H,20,24). The molecular weight excluding hydrogens is 402 g/mol. The second kappa shape index (κ2) is 7.36. The van der Waals surface area contributed by atoms with Gasteiger partial charge in [0.25, 0.3) is 11.8 Å². The van der Waals surface area contributed by atoms with Gasteiger partial charge in [-0.25, -0.2) is 0 Å². The molecule has 0 aliphatic rings. The molecule has 0 unspecified atom stereocenters. The number of rotatable bonds is 2. The summed E-state index contributed by atoms with van der Waals surface area (Å²) in [6.45, 7) is 0. The first-order chi connectivity index (χ1) is 11.2. The van der Waals surface area contributed by atoms with Crippen LogP contribution in [-0.2, 0) is 0 Å². The van der Waals surface area contributed by atoms with E-state index in [1.54, 1.807) is 0 Å². The lowest BCUT2D eigenvalue weighted by atomic mass is 10.2. The molecule has 0 aliphatic carbocycles. The van der Waals surface area contributed by atoms with Crippen molar-refractivity contribution in [3.63, 3.8) is 0 Å². The molecule has 2 aromatic rings. The Morgan fingerprint density at radius 2 is 1.04 bits per heavy atom. The smallest absolute Gasteiger partial charge is 0.273 e. The highest BCUT2D eigenvalue weighted by Gasteiger charge is 2.19. The molecule has 0 aromatic heterocycles. The quantitative estimate of drug-likeness (QED) is 0.567. The van der Waals surface area contributed by atoms with Crippen LogP contribution in [0.25, 0.3) is 0 Å². The number of halogens is 4. The Hall–Kier alpha value is -1.86. The summed E-state index contributed by atoms with van der Waals surface area (Å²) in [6, 6.07) is 4.83. The number of phenolic OH excluding ortho intramolecular Hbond substituents is 2. The molecule has 0 saturated heterocycles. The summed E-state index contributed by atoms with van der Waals surface area (Å²) in [5, 5.41) is 19.5. The van der Waals surface area contributed by atoms with Gasteiger partial charge in [0.2, 0.25) is 0 Å². The van der Waals surface area contributed by atoms with E-state index >= 15 is 0 Å². The summed E-state index contributed by atoms with van der Waals surface area (Å²) < 4.78 is 0. The van der Waals surface area contributed by atoms with Gasteiger partial charge in [0, 0.05) is 10.0 Å². The molecule has 4 N–H and O–H groups in total. The number of aromatic hydroxyl groups is 2. The largest absolute Gasteiger partial charge is 0.506 e. The predicted octanol–water partition coefficient (Wildman–Crippen LogP) is 3.79. The second-order valence-corrected chi connectivity index (χ2v) is 6.16. The van der Waals surface area contributed by atoms with E-state index in [-0.39, 0.29) is 31.2 Å². The van der Waals surface area contributed by atoms with Gasteiger partial charge in [-0.2, -0.15) is 0 Å². The zero-order valence-corrected chi connectivity index (χ0v) is 14.6. The van der Waals surface area contributed by atoms with Gasteiger partial charge >= 0.3 is 0 Å². The Labute approximate surface area is 155 Å². The maximum absolute atomic E-state index is 12.0. The van der Waals surface area contributed by atoms with Crippen molar-refractivity contribution < 1.29 is 19.8 Å². The number of benzene rings is 2. The van der Waals surface area contributed by atoms with Gasteiger partial charge in [-0.3, -0.25) is 20.4 Å². The Kier molecular flexibility index (Phi) is 5.66. The van der Waals surface area contributed by atoms with Crippen LogP contribution in [-0.4, -0.2) is 22.0 Å². The van der Waals surface area contributed by atoms with Gasteiger partial charge in [-0.05, 0) is 24.3 Å². The van der Waals surface area contributed by atoms with Gasteiger partial charge in [0.1, 0.15) is 11.5 Å². The first-order valence-corrected chi connectivity index (χ1v) is 7.68. The third-order valence-corrected chi connectivity index (χ3v) is 3.85. The Balaban J connectivity index is 2.17. The molecule has 126 valence electrons. The molecule has 6 nitrogen and oxygen atoms in total. The average Bonchev–Trinajstić information content (AvgIpc) is 2.51. The number of carbonyl (C=O) groups excluding carboxylic acids is 2. The molecule has 0 aliphatic heterocycles. The highest BCUT2D eigenvalue weighted by atomic mass is 35.5. The van der Waals surface area contributed by atoms with Crippen LogP contribution < -0.4 is 10.9 Å². The lowest BCUT2D eigenvalue weighted by Gasteiger charge is -2.11. The van der Waals surface area contributed by atoms with E-state index in [4.69, 9.17) is 46.4 Å². The third kappa shape index (κ3) is 3.96. The number of hydrazine groups is 1. The third-order valence-electron chi connectivity index (χ3n) is 2.84. The van der Waals surface area contributed by atoms with Gasteiger partial charge in [0.05, 0.1) is 21.2 Å². The molecular formula is C14H8Cl4N2O4. The van der Waals surface area contributed by atoms with Crippen LogP contribution in [0.1, 0.15) is 20.7 Å². The van der Waals surface area contributed by atoms with Crippen molar-refractivity contribution in [2.24, 2.45) is 0 Å². The van der Waals surface area contributed by atoms with Crippen molar-refractivity contribution in [2.75, 3.05) is 0 Å². The number of amides is 2. The number of hydrogen-bond acceptors (Lipinski definition) is 4. The minimum atomic E-state index is -0.877. The van der Waals surface area contributed by atoms with Crippen LogP contribution in [0.5, 0.6) is 11.5 Å². The van der Waals surface area contributed by atoms with Crippen LogP contribution in [0.3, 0.4) is 0 Å². The van der Waals surface area contributed by atoms with Crippen LogP contribution in [0.4, 0.5) is 0 Å². The molecule has 0 saturated carbocycles. The molecule has 2 amide bonds. The van der Waals surface area contributed by atoms with Crippen LogP contribution in [0, 0.1) is 0 Å². The fraction of sp³-hybridized carbons (Fsp3) is 0. The van der Waals surface area contributed by atoms with Crippen molar-refractivity contribution in [3.05, 3.63) is 55.5 Å². The Morgan fingerprint density at radius 1 is 0.708 bits per heavy atom. The van der Waals surface area contributed by atoms with Gasteiger partial charge < -0.3 is 10.2 Å². The van der Waals surface area contributed by atoms with E-state index in [2.05, 4.69) is 0 Å². The number of carbonyl (C=O) groups is 2. The van der Waals surface area contributed by atoms with E-state index < -0.39 is 23.3 Å². The van der Waals surface area contributed by atoms with E-state index in [9.17, 15) is 19.8 Å². The lowest BCUT2D eigenvalue weighted by molar-refractivity contribution is 0.0843. The summed E-state index contributed by atoms with van der Waals surface area (Å²) in [5.74, 6) is -2.75. The molecule has 0 heterocycles. The Bertz CT molecular complexity index is 773. The van der Waals surface area contributed by atoms with Crippen molar-refractivity contribution in [1.29, 1.82) is 0 Å². The van der Waals surface area contributed by atoms with Crippen molar-refractivity contribution in [1.82, 2.24) is 10.9 Å². The molecule has 0 atom stereocenters. The topological polar surface area (TPSA) is 98.7 Å². The summed E-state index contributed by atoms with van der Waals surface area (Å²) >= 11 is 22.9. The fourth-order valence-corrected chi connectivity index (χ4v) is 2.71. The van der Waals surface area contributed by atoms with E-state index in [1.807, 2.05) is 10.9 Å². The maximum Gasteiger partial charge on any atom is 0.273 e. The van der Waals surface area contributed by atoms with E-state index in [0.717, 1.165) is 12.1 Å². The van der Waals surface area contributed by atoms with Gasteiger partial charge in [-0.15, -0.1) is 0 Å². The molecule has 0 spiro atoms. The molecule has 2 rings (SSSR count). The summed E-state index contributed by atoms with van der Waals surface area (Å²) in [5.41, 5.74) is 3.59. The van der Waals surface area contributed by atoms with Crippen LogP contribution in [0.2, 0.25) is 20.1 Å². The van der Waals surface area contributed by atoms with Gasteiger partial charge in [-0.1, -0.05) is 46.4 Å². The molecule has 10 heteroatoms. The van der Waals surface area contributed by atoms with E-state index in [0.29, 0.717) is 0 Å². The molecule has 0 radical (unpaired) electrons. The maximum atomic E-state index is 12.0. The van der Waals surface area contributed by atoms with Gasteiger partial charge in [0.15, 0.2) is 0 Å². The van der Waals surface area contributed by atoms with Crippen LogP contribution >= 0.6 is 46.4 Å². The predicted molar refractivity (Wildman–Crippen MR) is 91.2 cm³/mol. The number of nitrogens with one attached hydrogen (secondary N) is 2. The normalized spacial score (nSPS) is 10.3. The lowest BCUT2D eigenvalue weighted by Crippen LogP contribution is -2.41. The highest BCUT2D eigenvalue weighted by Crippen LogP contribution is 2.32. The first kappa shape index (κ1) is 18.5. The van der Waals surface area contributed by atoms with Crippen molar-refractivity contribution >= 4 is 58.2 Å². The molecule has 2 aromatic carbocycles. The van der Waals surface area contributed by atoms with E-state index in [1.165, 1.54) is 12.1 Å². The van der Waals surface area contributed by atoms with Crippen molar-refractivity contribution in [2.45, 2.75) is 0 Å². The summed E-state index contributed by atoms with van der Waals surface area (Å²) in [7, 11) is 0. The van der Waals surface area contributed by atoms with Crippen molar-refractivity contribution in [3.8, 4) is 11.5 Å². The monoisotopic (exact) mass is 408 g/mol. The van der Waals surface area contributed by atoms with Crippen LogP contribution in [0.15, 0.2) is 24.3 Å². The second-order valence-electron chi connectivity index (χ2n) is 4.48. The SMILES string of the molecule is O=C(NNC(=O)c1cc(Cl)cc(Cl)c1O)c1cc(Cl)cc(Cl)c1O. The molecule has 0 fully saturated rings. The first-order valence-electron chi connectivity index (χ1n) is 6.17. The minimum absolute atomic E-state index is 0.119. The Morgan fingerprint density at radius 3 is 1.38 bits per heavy atom. The minimum Gasteiger partial charge on any atom is -0.506 e. The molecule has 0 bridgehead atoms. The number of phenols is 2. The zero-order valence-electron chi connectivity index (χ0n) is 11.5. The summed E-state index contributed by atoms with van der Waals surface area (Å²) in [4.78, 5) is 24.0. The number of hydrogen-bond donors (Lipinski definition) is 4. The average molecular weight is 410 g/mol.